The number of hydrogen-bond donors (Lipinski definition) is 1. The van der Waals surface area contributed by atoms with Crippen LogP contribution in [0.3, 0.4) is 0 Å². The maximum atomic E-state index is 12.2. The van der Waals surface area contributed by atoms with E-state index in [9.17, 15) is 4.79 Å². The number of nitrogens with zero attached hydrogens (tertiary/aromatic N) is 2. The quantitative estimate of drug-likeness (QED) is 0.909. The van der Waals surface area contributed by atoms with Gasteiger partial charge in [-0.25, -0.2) is 0 Å². The highest BCUT2D eigenvalue weighted by Gasteiger charge is 2.22. The Kier molecular flexibility index (Phi) is 4.28. The van der Waals surface area contributed by atoms with Crippen molar-refractivity contribution in [3.8, 4) is 11.3 Å². The van der Waals surface area contributed by atoms with Crippen LogP contribution in [0.2, 0.25) is 5.15 Å². The van der Waals surface area contributed by atoms with Crippen LogP contribution >= 0.6 is 11.6 Å². The molecule has 2 aromatic rings. The second-order valence-electron chi connectivity index (χ2n) is 5.99. The van der Waals surface area contributed by atoms with Gasteiger partial charge in [0.1, 0.15) is 0 Å². The largest absolute Gasteiger partial charge is 0.325 e. The molecule has 1 aromatic heterocycles. The molecule has 0 aliphatic rings. The Morgan fingerprint density at radius 3 is 2.43 bits per heavy atom. The number of hydrogen-bond acceptors (Lipinski definition) is 3. The van der Waals surface area contributed by atoms with Crippen molar-refractivity contribution in [2.24, 2.45) is 5.41 Å². The second kappa shape index (κ2) is 5.82. The Bertz CT molecular complexity index is 660. The molecule has 0 unspecified atom stereocenters. The number of aromatic nitrogens is 2. The van der Waals surface area contributed by atoms with E-state index in [0.717, 1.165) is 16.8 Å². The van der Waals surface area contributed by atoms with E-state index in [1.54, 1.807) is 12.1 Å². The molecule has 0 radical (unpaired) electrons. The number of benzene rings is 1. The van der Waals surface area contributed by atoms with E-state index in [2.05, 4.69) is 15.5 Å². The molecule has 4 nitrogen and oxygen atoms in total. The van der Waals surface area contributed by atoms with Gasteiger partial charge in [0.2, 0.25) is 5.91 Å². The minimum absolute atomic E-state index is 0.0467. The smallest absolute Gasteiger partial charge is 0.229 e. The summed E-state index contributed by atoms with van der Waals surface area (Å²) in [7, 11) is 0. The number of anilines is 1. The lowest BCUT2D eigenvalue weighted by Crippen LogP contribution is -2.27. The van der Waals surface area contributed by atoms with Gasteiger partial charge in [0, 0.05) is 11.0 Å². The summed E-state index contributed by atoms with van der Waals surface area (Å²) in [5.74, 6) is -0.0467. The third-order valence-corrected chi connectivity index (χ3v) is 3.21. The minimum Gasteiger partial charge on any atom is -0.325 e. The average molecular weight is 304 g/mol. The Labute approximate surface area is 129 Å². The van der Waals surface area contributed by atoms with Crippen molar-refractivity contribution in [3.63, 3.8) is 0 Å². The number of halogens is 1. The molecular formula is C16H18ClN3O. The number of nitrogens with one attached hydrogen (secondary N) is 1. The second-order valence-corrected chi connectivity index (χ2v) is 6.38. The Hall–Kier alpha value is -1.94. The fourth-order valence-electron chi connectivity index (χ4n) is 1.75. The van der Waals surface area contributed by atoms with E-state index >= 15 is 0 Å². The molecule has 1 N–H and O–H groups in total. The van der Waals surface area contributed by atoms with Gasteiger partial charge in [-0.15, -0.1) is 10.2 Å². The van der Waals surface area contributed by atoms with Gasteiger partial charge >= 0.3 is 0 Å². The molecule has 1 amide bonds. The summed E-state index contributed by atoms with van der Waals surface area (Å²) in [6.07, 6.45) is 0. The molecule has 0 atom stereocenters. The lowest BCUT2D eigenvalue weighted by atomic mass is 9.95. The van der Waals surface area contributed by atoms with Crippen molar-refractivity contribution in [3.05, 3.63) is 41.0 Å². The molecule has 0 saturated carbocycles. The highest BCUT2D eigenvalue weighted by atomic mass is 35.5. The third-order valence-electron chi connectivity index (χ3n) is 3.01. The van der Waals surface area contributed by atoms with E-state index in [0.29, 0.717) is 10.8 Å². The van der Waals surface area contributed by atoms with Crippen LogP contribution in [0.25, 0.3) is 11.3 Å². The zero-order chi connectivity index (χ0) is 15.6. The highest BCUT2D eigenvalue weighted by molar-refractivity contribution is 6.29. The summed E-state index contributed by atoms with van der Waals surface area (Å²) in [5, 5.41) is 11.2. The van der Waals surface area contributed by atoms with Crippen LogP contribution in [0.5, 0.6) is 0 Å². The fraction of sp³-hybridized carbons (Fsp3) is 0.312. The van der Waals surface area contributed by atoms with Gasteiger partial charge in [-0.1, -0.05) is 44.0 Å². The number of carbonyl (C=O) groups excluding carboxylic acids is 1. The van der Waals surface area contributed by atoms with Crippen molar-refractivity contribution in [1.29, 1.82) is 0 Å². The van der Waals surface area contributed by atoms with Crippen LogP contribution in [-0.2, 0) is 4.79 Å². The van der Waals surface area contributed by atoms with Crippen molar-refractivity contribution < 1.29 is 4.79 Å². The monoisotopic (exact) mass is 303 g/mol. The van der Waals surface area contributed by atoms with Crippen LogP contribution in [0.4, 0.5) is 5.69 Å². The molecule has 110 valence electrons. The van der Waals surface area contributed by atoms with Gasteiger partial charge in [-0.2, -0.15) is 0 Å². The van der Waals surface area contributed by atoms with Crippen LogP contribution in [0.1, 0.15) is 26.3 Å². The van der Waals surface area contributed by atoms with Crippen molar-refractivity contribution in [2.75, 3.05) is 5.32 Å². The molecule has 5 heteroatoms. The molecule has 0 aliphatic heterocycles. The predicted molar refractivity (Wildman–Crippen MR) is 85.3 cm³/mol. The van der Waals surface area contributed by atoms with Gasteiger partial charge in [-0.05, 0) is 31.2 Å². The van der Waals surface area contributed by atoms with Crippen LogP contribution < -0.4 is 5.32 Å². The first-order chi connectivity index (χ1) is 9.77. The number of amides is 1. The Morgan fingerprint density at radius 1 is 1.14 bits per heavy atom. The van der Waals surface area contributed by atoms with E-state index < -0.39 is 5.41 Å². The summed E-state index contributed by atoms with van der Waals surface area (Å²) in [6.45, 7) is 7.61. The minimum atomic E-state index is -0.464. The number of rotatable bonds is 2. The molecule has 1 heterocycles. The zero-order valence-corrected chi connectivity index (χ0v) is 13.3. The lowest BCUT2D eigenvalue weighted by Gasteiger charge is -2.19. The summed E-state index contributed by atoms with van der Waals surface area (Å²) in [4.78, 5) is 12.2. The van der Waals surface area contributed by atoms with Gasteiger partial charge < -0.3 is 5.32 Å². The first kappa shape index (κ1) is 15.4. The maximum absolute atomic E-state index is 12.2. The van der Waals surface area contributed by atoms with Gasteiger partial charge in [0.25, 0.3) is 0 Å². The summed E-state index contributed by atoms with van der Waals surface area (Å²) < 4.78 is 0. The average Bonchev–Trinajstić information content (AvgIpc) is 2.40. The summed E-state index contributed by atoms with van der Waals surface area (Å²) >= 11 is 5.77. The van der Waals surface area contributed by atoms with Crippen LogP contribution in [-0.4, -0.2) is 16.1 Å². The van der Waals surface area contributed by atoms with Crippen LogP contribution in [0, 0.1) is 12.3 Å². The third kappa shape index (κ3) is 3.79. The Balaban J connectivity index is 2.43. The molecule has 0 saturated heterocycles. The van der Waals surface area contributed by atoms with E-state index in [1.165, 1.54) is 0 Å². The van der Waals surface area contributed by atoms with Crippen molar-refractivity contribution in [1.82, 2.24) is 10.2 Å². The van der Waals surface area contributed by atoms with Crippen molar-refractivity contribution >= 4 is 23.2 Å². The van der Waals surface area contributed by atoms with E-state index in [4.69, 9.17) is 11.6 Å². The highest BCUT2D eigenvalue weighted by Crippen LogP contribution is 2.29. The van der Waals surface area contributed by atoms with Crippen molar-refractivity contribution in [2.45, 2.75) is 27.7 Å². The number of carbonyl (C=O) groups is 1. The summed E-state index contributed by atoms with van der Waals surface area (Å²) in [6, 6.07) is 9.27. The van der Waals surface area contributed by atoms with E-state index in [1.807, 2.05) is 45.9 Å². The first-order valence-electron chi connectivity index (χ1n) is 6.69. The zero-order valence-electron chi connectivity index (χ0n) is 12.6. The van der Waals surface area contributed by atoms with Gasteiger partial charge in [-0.3, -0.25) is 4.79 Å². The SMILES string of the molecule is Cc1ccc(NC(=O)C(C)(C)C)c(-c2ccc(Cl)nn2)c1. The van der Waals surface area contributed by atoms with E-state index in [-0.39, 0.29) is 5.91 Å². The molecule has 0 spiro atoms. The lowest BCUT2D eigenvalue weighted by molar-refractivity contribution is -0.123. The predicted octanol–water partition coefficient (Wildman–Crippen LogP) is 4.09. The van der Waals surface area contributed by atoms with Crippen LogP contribution in [0.15, 0.2) is 30.3 Å². The topological polar surface area (TPSA) is 54.9 Å². The molecule has 21 heavy (non-hydrogen) atoms. The van der Waals surface area contributed by atoms with Gasteiger partial charge in [0.15, 0.2) is 5.15 Å². The molecule has 0 fully saturated rings. The molecule has 2 rings (SSSR count). The Morgan fingerprint density at radius 2 is 1.86 bits per heavy atom. The standard InChI is InChI=1S/C16H18ClN3O/c1-10-5-6-12(18-15(21)16(2,3)4)11(9-10)13-7-8-14(17)20-19-13/h5-9H,1-4H3,(H,18,21). The summed E-state index contributed by atoms with van der Waals surface area (Å²) in [5.41, 5.74) is 2.84. The molecular weight excluding hydrogens is 286 g/mol. The molecule has 0 aliphatic carbocycles. The number of aryl methyl sites for hydroxylation is 1. The normalized spacial score (nSPS) is 11.3. The fourth-order valence-corrected chi connectivity index (χ4v) is 1.85. The molecule has 0 bridgehead atoms. The van der Waals surface area contributed by atoms with Gasteiger partial charge in [0.05, 0.1) is 11.4 Å². The maximum Gasteiger partial charge on any atom is 0.229 e. The first-order valence-corrected chi connectivity index (χ1v) is 7.07. The molecule has 1 aromatic carbocycles.